The van der Waals surface area contributed by atoms with Crippen molar-refractivity contribution in [2.24, 2.45) is 5.41 Å². The Labute approximate surface area is 85.5 Å². The van der Waals surface area contributed by atoms with E-state index in [0.29, 0.717) is 5.41 Å². The van der Waals surface area contributed by atoms with Gasteiger partial charge in [0.1, 0.15) is 0 Å². The highest BCUT2D eigenvalue weighted by molar-refractivity contribution is 5.22. The maximum Gasteiger partial charge on any atom is 0.00204 e. The van der Waals surface area contributed by atoms with Gasteiger partial charge < -0.3 is 5.32 Å². The first kappa shape index (κ1) is 8.49. The van der Waals surface area contributed by atoms with Crippen molar-refractivity contribution in [1.29, 1.82) is 0 Å². The van der Waals surface area contributed by atoms with Crippen LogP contribution < -0.4 is 5.32 Å². The zero-order valence-corrected chi connectivity index (χ0v) is 8.50. The molecule has 0 radical (unpaired) electrons. The van der Waals surface area contributed by atoms with E-state index < -0.39 is 0 Å². The molecule has 1 unspecified atom stereocenters. The summed E-state index contributed by atoms with van der Waals surface area (Å²) in [6, 6.07) is 11.0. The normalized spacial score (nSPS) is 29.0. The largest absolute Gasteiger partial charge is 0.316 e. The quantitative estimate of drug-likeness (QED) is 0.712. The first-order chi connectivity index (χ1) is 6.88. The Morgan fingerprint density at radius 3 is 2.50 bits per heavy atom. The van der Waals surface area contributed by atoms with Crippen molar-refractivity contribution in [3.8, 4) is 0 Å². The van der Waals surface area contributed by atoms with E-state index in [9.17, 15) is 0 Å². The molecule has 74 valence electrons. The smallest absolute Gasteiger partial charge is 0.00204 e. The van der Waals surface area contributed by atoms with E-state index in [1.165, 1.54) is 32.4 Å². The minimum absolute atomic E-state index is 0.681. The molecular weight excluding hydrogens is 170 g/mol. The Hall–Kier alpha value is -0.820. The van der Waals surface area contributed by atoms with Crippen LogP contribution in [0.4, 0.5) is 0 Å². The Morgan fingerprint density at radius 2 is 1.93 bits per heavy atom. The van der Waals surface area contributed by atoms with E-state index >= 15 is 0 Å². The average molecular weight is 187 g/mol. The highest BCUT2D eigenvalue weighted by atomic mass is 15.0. The molecule has 0 amide bonds. The molecular formula is C13H17N. The Bertz CT molecular complexity index is 313. The monoisotopic (exact) mass is 187 g/mol. The van der Waals surface area contributed by atoms with Crippen molar-refractivity contribution in [2.45, 2.75) is 25.2 Å². The summed E-state index contributed by atoms with van der Waals surface area (Å²) in [4.78, 5) is 0. The van der Waals surface area contributed by atoms with E-state index in [-0.39, 0.29) is 0 Å². The summed E-state index contributed by atoms with van der Waals surface area (Å²) in [6.07, 6.45) is 4.23. The Kier molecular flexibility index (Phi) is 1.88. The fourth-order valence-electron chi connectivity index (χ4n) is 3.02. The first-order valence-electron chi connectivity index (χ1n) is 5.64. The van der Waals surface area contributed by atoms with Crippen molar-refractivity contribution in [3.05, 3.63) is 35.9 Å². The van der Waals surface area contributed by atoms with Gasteiger partial charge in [-0.05, 0) is 36.2 Å². The van der Waals surface area contributed by atoms with E-state index in [4.69, 9.17) is 0 Å². The average Bonchev–Trinajstić information content (AvgIpc) is 2.63. The van der Waals surface area contributed by atoms with Crippen LogP contribution in [0, 0.1) is 5.41 Å². The number of rotatable bonds is 1. The first-order valence-corrected chi connectivity index (χ1v) is 5.64. The topological polar surface area (TPSA) is 12.0 Å². The minimum Gasteiger partial charge on any atom is -0.316 e. The maximum absolute atomic E-state index is 3.42. The van der Waals surface area contributed by atoms with Gasteiger partial charge in [0.25, 0.3) is 0 Å². The van der Waals surface area contributed by atoms with Crippen LogP contribution in [-0.4, -0.2) is 13.1 Å². The minimum atomic E-state index is 0.681. The zero-order valence-electron chi connectivity index (χ0n) is 8.50. The molecule has 1 nitrogen and oxygen atoms in total. The third kappa shape index (κ3) is 1.27. The lowest BCUT2D eigenvalue weighted by molar-refractivity contribution is 0.175. The molecule has 1 aliphatic carbocycles. The molecule has 1 saturated carbocycles. The standard InChI is InChI=1S/C13H17N/c1-2-4-11(5-3-1)12-6-7-13(8-12)9-14-10-13/h1-5,12,14H,6-10H2. The summed E-state index contributed by atoms with van der Waals surface area (Å²) in [5.74, 6) is 0.832. The molecule has 1 heterocycles. The summed E-state index contributed by atoms with van der Waals surface area (Å²) < 4.78 is 0. The van der Waals surface area contributed by atoms with Crippen molar-refractivity contribution < 1.29 is 0 Å². The molecule has 2 aliphatic rings. The fraction of sp³-hybridized carbons (Fsp3) is 0.538. The summed E-state index contributed by atoms with van der Waals surface area (Å²) in [5.41, 5.74) is 2.23. The lowest BCUT2D eigenvalue weighted by Gasteiger charge is -2.39. The van der Waals surface area contributed by atoms with Crippen molar-refractivity contribution in [3.63, 3.8) is 0 Å². The van der Waals surface area contributed by atoms with Crippen LogP contribution in [0.2, 0.25) is 0 Å². The van der Waals surface area contributed by atoms with Crippen molar-refractivity contribution in [1.82, 2.24) is 5.32 Å². The summed E-state index contributed by atoms with van der Waals surface area (Å²) in [5, 5.41) is 3.42. The molecule has 14 heavy (non-hydrogen) atoms. The molecule has 1 aromatic carbocycles. The second-order valence-corrected chi connectivity index (χ2v) is 4.95. The third-order valence-electron chi connectivity index (χ3n) is 3.97. The second-order valence-electron chi connectivity index (χ2n) is 4.95. The number of hydrogen-bond acceptors (Lipinski definition) is 1. The predicted molar refractivity (Wildman–Crippen MR) is 58.3 cm³/mol. The lowest BCUT2D eigenvalue weighted by Crippen LogP contribution is -2.51. The molecule has 2 fully saturated rings. The summed E-state index contributed by atoms with van der Waals surface area (Å²) >= 11 is 0. The molecule has 1 N–H and O–H groups in total. The van der Waals surface area contributed by atoms with Crippen LogP contribution in [0.5, 0.6) is 0 Å². The highest BCUT2D eigenvalue weighted by Gasteiger charge is 2.43. The van der Waals surface area contributed by atoms with Gasteiger partial charge in [-0.1, -0.05) is 30.3 Å². The second kappa shape index (κ2) is 3.09. The number of hydrogen-bond donors (Lipinski definition) is 1. The molecule has 1 saturated heterocycles. The maximum atomic E-state index is 3.42. The van der Waals surface area contributed by atoms with Gasteiger partial charge in [0.15, 0.2) is 0 Å². The zero-order chi connectivity index (χ0) is 9.43. The fourth-order valence-corrected chi connectivity index (χ4v) is 3.02. The van der Waals surface area contributed by atoms with Crippen LogP contribution in [0.1, 0.15) is 30.7 Å². The molecule has 1 atom stereocenters. The van der Waals surface area contributed by atoms with Gasteiger partial charge in [-0.15, -0.1) is 0 Å². The molecule has 3 rings (SSSR count). The van der Waals surface area contributed by atoms with Gasteiger partial charge in [-0.25, -0.2) is 0 Å². The van der Waals surface area contributed by atoms with Crippen LogP contribution >= 0.6 is 0 Å². The van der Waals surface area contributed by atoms with Crippen LogP contribution in [0.3, 0.4) is 0 Å². The van der Waals surface area contributed by atoms with Crippen LogP contribution in [0.15, 0.2) is 30.3 Å². The van der Waals surface area contributed by atoms with Gasteiger partial charge in [0.05, 0.1) is 0 Å². The highest BCUT2D eigenvalue weighted by Crippen LogP contribution is 2.48. The van der Waals surface area contributed by atoms with E-state index in [1.807, 2.05) is 0 Å². The number of benzene rings is 1. The molecule has 1 heteroatoms. The Morgan fingerprint density at radius 1 is 1.14 bits per heavy atom. The van der Waals surface area contributed by atoms with Gasteiger partial charge >= 0.3 is 0 Å². The Balaban J connectivity index is 1.76. The molecule has 1 aromatic rings. The predicted octanol–water partition coefficient (Wildman–Crippen LogP) is 2.54. The van der Waals surface area contributed by atoms with Gasteiger partial charge in [-0.2, -0.15) is 0 Å². The van der Waals surface area contributed by atoms with E-state index in [1.54, 1.807) is 5.56 Å². The van der Waals surface area contributed by atoms with Gasteiger partial charge in [-0.3, -0.25) is 0 Å². The van der Waals surface area contributed by atoms with Crippen molar-refractivity contribution >= 4 is 0 Å². The number of nitrogens with one attached hydrogen (secondary N) is 1. The summed E-state index contributed by atoms with van der Waals surface area (Å²) in [6.45, 7) is 2.52. The third-order valence-corrected chi connectivity index (χ3v) is 3.97. The van der Waals surface area contributed by atoms with Gasteiger partial charge in [0, 0.05) is 13.1 Å². The SMILES string of the molecule is c1ccc(C2CCC3(CNC3)C2)cc1. The van der Waals surface area contributed by atoms with Crippen LogP contribution in [0.25, 0.3) is 0 Å². The molecule has 1 aliphatic heterocycles. The molecule has 1 spiro atoms. The van der Waals surface area contributed by atoms with Crippen LogP contribution in [-0.2, 0) is 0 Å². The van der Waals surface area contributed by atoms with E-state index in [2.05, 4.69) is 35.6 Å². The molecule has 0 aromatic heterocycles. The molecule has 0 bridgehead atoms. The lowest BCUT2D eigenvalue weighted by atomic mass is 9.79. The van der Waals surface area contributed by atoms with Crippen molar-refractivity contribution in [2.75, 3.05) is 13.1 Å². The van der Waals surface area contributed by atoms with E-state index in [0.717, 1.165) is 5.92 Å². The van der Waals surface area contributed by atoms with Gasteiger partial charge in [0.2, 0.25) is 0 Å². The summed E-state index contributed by atoms with van der Waals surface area (Å²) in [7, 11) is 0.